The first-order chi connectivity index (χ1) is 12.5. The summed E-state index contributed by atoms with van der Waals surface area (Å²) >= 11 is 7.26. The summed E-state index contributed by atoms with van der Waals surface area (Å²) in [7, 11) is 0. The Morgan fingerprint density at radius 2 is 1.96 bits per heavy atom. The summed E-state index contributed by atoms with van der Waals surface area (Å²) in [5.41, 5.74) is 1.46. The highest BCUT2D eigenvalue weighted by atomic mass is 35.5. The van der Waals surface area contributed by atoms with E-state index in [1.165, 1.54) is 12.1 Å². The van der Waals surface area contributed by atoms with Crippen LogP contribution in [0, 0.1) is 5.82 Å². The van der Waals surface area contributed by atoms with Gasteiger partial charge in [0.1, 0.15) is 5.82 Å². The van der Waals surface area contributed by atoms with Crippen molar-refractivity contribution in [3.8, 4) is 11.5 Å². The first-order valence-electron chi connectivity index (χ1n) is 7.79. The van der Waals surface area contributed by atoms with Crippen LogP contribution in [0.1, 0.15) is 18.5 Å². The fraction of sp³-hybridized carbons (Fsp3) is 0.167. The molecule has 26 heavy (non-hydrogen) atoms. The number of hydrogen-bond acceptors (Lipinski definition) is 5. The summed E-state index contributed by atoms with van der Waals surface area (Å²) in [6.07, 6.45) is 0. The molecule has 0 aliphatic rings. The molecule has 3 rings (SSSR count). The molecule has 134 valence electrons. The Labute approximate surface area is 159 Å². The van der Waals surface area contributed by atoms with Crippen LogP contribution in [0.25, 0.3) is 11.5 Å². The minimum absolute atomic E-state index is 0.125. The van der Waals surface area contributed by atoms with Crippen molar-refractivity contribution in [2.24, 2.45) is 0 Å². The van der Waals surface area contributed by atoms with Crippen molar-refractivity contribution in [1.82, 2.24) is 15.5 Å². The van der Waals surface area contributed by atoms with Gasteiger partial charge in [0.2, 0.25) is 11.8 Å². The Balaban J connectivity index is 1.55. The van der Waals surface area contributed by atoms with Gasteiger partial charge in [-0.3, -0.25) is 4.79 Å². The number of rotatable bonds is 6. The van der Waals surface area contributed by atoms with Crippen LogP contribution in [0.3, 0.4) is 0 Å². The van der Waals surface area contributed by atoms with E-state index in [0.29, 0.717) is 10.6 Å². The van der Waals surface area contributed by atoms with Crippen LogP contribution in [0.4, 0.5) is 4.39 Å². The van der Waals surface area contributed by atoms with Crippen molar-refractivity contribution in [3.05, 3.63) is 64.9 Å². The van der Waals surface area contributed by atoms with Crippen molar-refractivity contribution in [2.75, 3.05) is 5.75 Å². The molecule has 0 fully saturated rings. The first-order valence-corrected chi connectivity index (χ1v) is 9.15. The van der Waals surface area contributed by atoms with Gasteiger partial charge in [-0.2, -0.15) is 0 Å². The van der Waals surface area contributed by atoms with Gasteiger partial charge in [-0.15, -0.1) is 10.2 Å². The summed E-state index contributed by atoms with van der Waals surface area (Å²) in [5, 5.41) is 11.5. The number of carbonyl (C=O) groups excluding carboxylic acids is 1. The molecule has 0 radical (unpaired) electrons. The number of amides is 1. The molecule has 1 amide bonds. The highest BCUT2D eigenvalue weighted by molar-refractivity contribution is 7.99. The number of thioether (sulfide) groups is 1. The van der Waals surface area contributed by atoms with Crippen molar-refractivity contribution < 1.29 is 13.6 Å². The third kappa shape index (κ3) is 4.62. The average Bonchev–Trinajstić information content (AvgIpc) is 3.10. The normalized spacial score (nSPS) is 12.0. The SMILES string of the molecule is CC(NC(=O)CSc1nnc(-c2ccc(F)cc2)o1)c1ccccc1Cl. The van der Waals surface area contributed by atoms with E-state index in [-0.39, 0.29) is 34.6 Å². The van der Waals surface area contributed by atoms with Crippen LogP contribution in [0.15, 0.2) is 58.2 Å². The minimum Gasteiger partial charge on any atom is -0.411 e. The Kier molecular flexibility index (Phi) is 5.90. The minimum atomic E-state index is -0.341. The van der Waals surface area contributed by atoms with Crippen LogP contribution < -0.4 is 5.32 Å². The Morgan fingerprint density at radius 3 is 2.69 bits per heavy atom. The lowest BCUT2D eigenvalue weighted by atomic mass is 10.1. The molecule has 1 N–H and O–H groups in total. The first kappa shape index (κ1) is 18.4. The van der Waals surface area contributed by atoms with Gasteiger partial charge in [0.05, 0.1) is 11.8 Å². The second-order valence-electron chi connectivity index (χ2n) is 5.48. The van der Waals surface area contributed by atoms with E-state index in [1.807, 2.05) is 25.1 Å². The van der Waals surface area contributed by atoms with Crippen LogP contribution >= 0.6 is 23.4 Å². The predicted molar refractivity (Wildman–Crippen MR) is 98.4 cm³/mol. The van der Waals surface area contributed by atoms with E-state index in [0.717, 1.165) is 17.3 Å². The lowest BCUT2D eigenvalue weighted by Crippen LogP contribution is -2.28. The Hall–Kier alpha value is -2.38. The molecule has 0 spiro atoms. The average molecular weight is 392 g/mol. The van der Waals surface area contributed by atoms with Gasteiger partial charge in [0, 0.05) is 10.6 Å². The second-order valence-corrected chi connectivity index (χ2v) is 6.81. The molecule has 0 aliphatic carbocycles. The topological polar surface area (TPSA) is 68.0 Å². The maximum atomic E-state index is 12.9. The number of benzene rings is 2. The van der Waals surface area contributed by atoms with Gasteiger partial charge in [0.25, 0.3) is 5.22 Å². The second kappa shape index (κ2) is 8.33. The number of hydrogen-bond donors (Lipinski definition) is 1. The number of nitrogens with zero attached hydrogens (tertiary/aromatic N) is 2. The maximum Gasteiger partial charge on any atom is 0.277 e. The molecule has 5 nitrogen and oxygen atoms in total. The molecule has 1 aromatic heterocycles. The fourth-order valence-electron chi connectivity index (χ4n) is 2.29. The molecule has 2 aromatic carbocycles. The summed E-state index contributed by atoms with van der Waals surface area (Å²) in [6.45, 7) is 1.86. The molecule has 0 saturated carbocycles. The highest BCUT2D eigenvalue weighted by Gasteiger charge is 2.15. The number of nitrogens with one attached hydrogen (secondary N) is 1. The van der Waals surface area contributed by atoms with E-state index >= 15 is 0 Å². The van der Waals surface area contributed by atoms with Crippen molar-refractivity contribution >= 4 is 29.3 Å². The van der Waals surface area contributed by atoms with Gasteiger partial charge >= 0.3 is 0 Å². The molecule has 1 atom stereocenters. The molecule has 1 heterocycles. The molecule has 1 unspecified atom stereocenters. The highest BCUT2D eigenvalue weighted by Crippen LogP contribution is 2.24. The van der Waals surface area contributed by atoms with Crippen molar-refractivity contribution in [2.45, 2.75) is 18.2 Å². The molecule has 8 heteroatoms. The maximum absolute atomic E-state index is 12.9. The standard InChI is InChI=1S/C18H15ClFN3O2S/c1-11(14-4-2-3-5-15(14)19)21-16(24)10-26-18-23-22-17(25-18)12-6-8-13(20)9-7-12/h2-9,11H,10H2,1H3,(H,21,24). The van der Waals surface area contributed by atoms with Crippen LogP contribution in [0.2, 0.25) is 5.02 Å². The third-order valence-electron chi connectivity index (χ3n) is 3.57. The zero-order valence-electron chi connectivity index (χ0n) is 13.8. The van der Waals surface area contributed by atoms with E-state index in [4.69, 9.17) is 16.0 Å². The van der Waals surface area contributed by atoms with Crippen molar-refractivity contribution in [1.29, 1.82) is 0 Å². The van der Waals surface area contributed by atoms with Crippen molar-refractivity contribution in [3.63, 3.8) is 0 Å². The van der Waals surface area contributed by atoms with Crippen LogP contribution in [-0.2, 0) is 4.79 Å². The lowest BCUT2D eigenvalue weighted by molar-refractivity contribution is -0.119. The fourth-order valence-corrected chi connectivity index (χ4v) is 3.17. The number of carbonyl (C=O) groups is 1. The Morgan fingerprint density at radius 1 is 1.23 bits per heavy atom. The Bertz CT molecular complexity index is 901. The van der Waals surface area contributed by atoms with Gasteiger partial charge in [-0.1, -0.05) is 41.6 Å². The van der Waals surface area contributed by atoms with E-state index in [9.17, 15) is 9.18 Å². The quantitative estimate of drug-likeness (QED) is 0.626. The number of aromatic nitrogens is 2. The number of halogens is 2. The molecular formula is C18H15ClFN3O2S. The molecule has 0 aliphatic heterocycles. The van der Waals surface area contributed by atoms with Gasteiger partial charge < -0.3 is 9.73 Å². The van der Waals surface area contributed by atoms with Crippen LogP contribution in [-0.4, -0.2) is 21.9 Å². The van der Waals surface area contributed by atoms with E-state index in [1.54, 1.807) is 18.2 Å². The molecule has 3 aromatic rings. The summed E-state index contributed by atoms with van der Waals surface area (Å²) in [5.74, 6) is -0.117. The summed E-state index contributed by atoms with van der Waals surface area (Å²) < 4.78 is 18.4. The lowest BCUT2D eigenvalue weighted by Gasteiger charge is -2.15. The summed E-state index contributed by atoms with van der Waals surface area (Å²) in [6, 6.07) is 12.9. The van der Waals surface area contributed by atoms with Crippen LogP contribution in [0.5, 0.6) is 0 Å². The monoisotopic (exact) mass is 391 g/mol. The third-order valence-corrected chi connectivity index (χ3v) is 4.74. The molecule has 0 bridgehead atoms. The zero-order chi connectivity index (χ0) is 18.5. The predicted octanol–water partition coefficient (Wildman–Crippen LogP) is 4.50. The van der Waals surface area contributed by atoms with Gasteiger partial charge in [-0.05, 0) is 42.8 Å². The molecular weight excluding hydrogens is 377 g/mol. The smallest absolute Gasteiger partial charge is 0.277 e. The molecule has 0 saturated heterocycles. The summed E-state index contributed by atoms with van der Waals surface area (Å²) in [4.78, 5) is 12.1. The van der Waals surface area contributed by atoms with E-state index in [2.05, 4.69) is 15.5 Å². The zero-order valence-corrected chi connectivity index (χ0v) is 15.4. The van der Waals surface area contributed by atoms with Gasteiger partial charge in [-0.25, -0.2) is 4.39 Å². The van der Waals surface area contributed by atoms with Gasteiger partial charge in [0.15, 0.2) is 0 Å². The van der Waals surface area contributed by atoms with E-state index < -0.39 is 0 Å². The largest absolute Gasteiger partial charge is 0.411 e.